The molecule has 0 aromatic heterocycles. The number of aromatic hydroxyl groups is 2. The molecule has 33 heavy (non-hydrogen) atoms. The van der Waals surface area contributed by atoms with E-state index in [1.807, 2.05) is 0 Å². The molecule has 0 fully saturated rings. The van der Waals surface area contributed by atoms with E-state index < -0.39 is 0 Å². The molecule has 2 N–H and O–H groups in total. The van der Waals surface area contributed by atoms with Gasteiger partial charge in [0.2, 0.25) is 0 Å². The van der Waals surface area contributed by atoms with Gasteiger partial charge < -0.3 is 19.2 Å². The molecule has 0 atom stereocenters. The smallest absolute Gasteiger partial charge is 0 e. The van der Waals surface area contributed by atoms with E-state index in [1.54, 1.807) is 12.1 Å². The predicted molar refractivity (Wildman–Crippen MR) is 126 cm³/mol. The molecule has 0 saturated carbocycles. The van der Waals surface area contributed by atoms with Crippen LogP contribution in [0.25, 0.3) is 0 Å². The second-order valence-electron chi connectivity index (χ2n) is 6.70. The summed E-state index contributed by atoms with van der Waals surface area (Å²) in [5.41, 5.74) is 0. The first-order chi connectivity index (χ1) is 15.3. The van der Waals surface area contributed by atoms with Crippen molar-refractivity contribution in [3.63, 3.8) is 0 Å². The maximum Gasteiger partial charge on any atom is 0 e. The average Bonchev–Trinajstić information content (AvgIpc) is 2.89. The summed E-state index contributed by atoms with van der Waals surface area (Å²) in [6.45, 7) is 41.9. The summed E-state index contributed by atoms with van der Waals surface area (Å²) in [7, 11) is 0. The van der Waals surface area contributed by atoms with Crippen LogP contribution in [0.2, 0.25) is 0 Å². The molecule has 0 bridgehead atoms. The zero-order valence-corrected chi connectivity index (χ0v) is 23.2. The van der Waals surface area contributed by atoms with Crippen LogP contribution < -0.4 is 0 Å². The summed E-state index contributed by atoms with van der Waals surface area (Å²) in [5.74, 6) is -0.153. The summed E-state index contributed by atoms with van der Waals surface area (Å²) in [4.78, 5) is 0. The van der Waals surface area contributed by atoms with Gasteiger partial charge in [-0.25, -0.2) is 0 Å². The Morgan fingerprint density at radius 1 is 0.515 bits per heavy atom. The van der Waals surface area contributed by atoms with Crippen molar-refractivity contribution in [2.75, 3.05) is 52.4 Å². The number of hydrogen-bond acceptors (Lipinski definition) is 2. The number of nitrogens with zero attached hydrogens (tertiary/aromatic N) is 2. The van der Waals surface area contributed by atoms with Gasteiger partial charge in [0.25, 0.3) is 0 Å². The standard InChI is InChI=1S/2C8H20N.C6H6O2.3CO.Cr/c2*1-5-9(6-2,7-3)8-4;7-5-3-1-2-4-6(5)8;3*1-2;/h2*5-8H2,1-4H3;1-4,7-8H;;;;/q2*+1;;;;;. The molecule has 0 unspecified atom stereocenters. The summed E-state index contributed by atoms with van der Waals surface area (Å²) < 4.78 is 25.1. The van der Waals surface area contributed by atoms with E-state index in [2.05, 4.69) is 75.3 Å². The Morgan fingerprint density at radius 2 is 0.667 bits per heavy atom. The van der Waals surface area contributed by atoms with Crippen LogP contribution in [0.4, 0.5) is 0 Å². The molecule has 0 saturated heterocycles. The molecule has 0 aliphatic carbocycles. The second-order valence-corrected chi connectivity index (χ2v) is 6.70. The number of hydrogen-bond donors (Lipinski definition) is 2. The van der Waals surface area contributed by atoms with Gasteiger partial charge in [0.1, 0.15) is 0 Å². The maximum absolute atomic E-state index is 8.67. The molecule has 190 valence electrons. The largest absolute Gasteiger partial charge is 0 e. The number of para-hydroxylation sites is 2. The molecule has 0 radical (unpaired) electrons. The summed E-state index contributed by atoms with van der Waals surface area (Å²) in [5, 5.41) is 17.3. The fourth-order valence-electron chi connectivity index (χ4n) is 3.15. The van der Waals surface area contributed by atoms with Gasteiger partial charge in [-0.3, -0.25) is 0 Å². The fourth-order valence-corrected chi connectivity index (χ4v) is 3.15. The number of phenolic OH excluding ortho intramolecular Hbond substituents is 2. The van der Waals surface area contributed by atoms with Crippen LogP contribution in [0.3, 0.4) is 0 Å². The van der Waals surface area contributed by atoms with E-state index in [4.69, 9.17) is 24.2 Å². The van der Waals surface area contributed by atoms with E-state index in [9.17, 15) is 0 Å². The van der Waals surface area contributed by atoms with E-state index in [1.165, 1.54) is 73.5 Å². The number of benzene rings is 1. The molecule has 8 heteroatoms. The van der Waals surface area contributed by atoms with Crippen molar-refractivity contribution < 1.29 is 50.5 Å². The van der Waals surface area contributed by atoms with Gasteiger partial charge in [-0.2, -0.15) is 0 Å². The van der Waals surface area contributed by atoms with Crippen molar-refractivity contribution in [3.05, 3.63) is 44.2 Å². The van der Waals surface area contributed by atoms with Gasteiger partial charge in [-0.05, 0) is 67.5 Å². The van der Waals surface area contributed by atoms with Crippen LogP contribution in [-0.4, -0.2) is 71.5 Å². The first kappa shape index (κ1) is 45.1. The number of rotatable bonds is 8. The van der Waals surface area contributed by atoms with Crippen molar-refractivity contribution >= 4 is 0 Å². The van der Waals surface area contributed by atoms with Crippen LogP contribution in [0.5, 0.6) is 11.5 Å². The van der Waals surface area contributed by atoms with Crippen molar-refractivity contribution in [2.24, 2.45) is 0 Å². The van der Waals surface area contributed by atoms with E-state index in [0.29, 0.717) is 0 Å². The van der Waals surface area contributed by atoms with Crippen molar-refractivity contribution in [3.8, 4) is 11.5 Å². The molecule has 0 spiro atoms. The first-order valence-corrected chi connectivity index (χ1v) is 11.1. The number of phenols is 2. The quantitative estimate of drug-likeness (QED) is 0.230. The zero-order valence-electron chi connectivity index (χ0n) is 21.9. The third kappa shape index (κ3) is 22.1. The molecule has 7 nitrogen and oxygen atoms in total. The van der Waals surface area contributed by atoms with Gasteiger partial charge in [0.15, 0.2) is 11.5 Å². The molecule has 0 heterocycles. The molecule has 0 amide bonds. The monoisotopic (exact) mass is 506 g/mol. The molecule has 0 aliphatic heterocycles. The van der Waals surface area contributed by atoms with Gasteiger partial charge in [0, 0.05) is 17.4 Å². The van der Waals surface area contributed by atoms with Gasteiger partial charge >= 0.3 is 33.9 Å². The van der Waals surface area contributed by atoms with E-state index in [-0.39, 0.29) is 28.9 Å². The average molecular weight is 507 g/mol. The van der Waals surface area contributed by atoms with Gasteiger partial charge in [-0.1, -0.05) is 12.1 Å². The summed E-state index contributed by atoms with van der Waals surface area (Å²) in [6, 6.07) is 6.15. The Hall–Kier alpha value is -1.51. The minimum Gasteiger partial charge on any atom is 0 e. The van der Waals surface area contributed by atoms with Crippen LogP contribution in [0.1, 0.15) is 55.4 Å². The molecule has 1 rings (SSSR count). The zero-order chi connectivity index (χ0) is 26.6. The van der Waals surface area contributed by atoms with E-state index >= 15 is 0 Å². The SMILES string of the molecule is CC[N+](CC)(CC)CC.CC[N+](CC)(CC)CC.Oc1ccccc1O.[C-]#[O+].[C-]#[O+].[C-]#[O+].[Cr]. The third-order valence-corrected chi connectivity index (χ3v) is 6.25. The van der Waals surface area contributed by atoms with Crippen LogP contribution in [-0.2, 0) is 31.3 Å². The summed E-state index contributed by atoms with van der Waals surface area (Å²) in [6.07, 6.45) is 0. The topological polar surface area (TPSA) is 100 Å². The van der Waals surface area contributed by atoms with Gasteiger partial charge in [-0.15, -0.1) is 0 Å². The second kappa shape index (κ2) is 32.7. The van der Waals surface area contributed by atoms with Crippen molar-refractivity contribution in [2.45, 2.75) is 55.4 Å². The third-order valence-electron chi connectivity index (χ3n) is 6.25. The molecular weight excluding hydrogens is 460 g/mol. The molecule has 0 aliphatic rings. The molecule has 1 aromatic carbocycles. The van der Waals surface area contributed by atoms with Crippen molar-refractivity contribution in [1.29, 1.82) is 0 Å². The Bertz CT molecular complexity index is 479. The molecule has 1 aromatic rings. The Kier molecular flexibility index (Phi) is 44.6. The van der Waals surface area contributed by atoms with Crippen molar-refractivity contribution in [1.82, 2.24) is 0 Å². The number of quaternary nitrogens is 2. The van der Waals surface area contributed by atoms with Gasteiger partial charge in [0.05, 0.1) is 52.4 Å². The first-order valence-electron chi connectivity index (χ1n) is 11.1. The van der Waals surface area contributed by atoms with Crippen LogP contribution >= 0.6 is 0 Å². The Morgan fingerprint density at radius 3 is 0.727 bits per heavy atom. The molecular formula is C25H46CrN2O5+2. The Labute approximate surface area is 213 Å². The van der Waals surface area contributed by atoms with Crippen LogP contribution in [0.15, 0.2) is 24.3 Å². The van der Waals surface area contributed by atoms with Crippen LogP contribution in [0, 0.1) is 20.0 Å². The Balaban J connectivity index is -0.0000000731. The fraction of sp³-hybridized carbons (Fsp3) is 0.640. The maximum atomic E-state index is 8.67. The minimum atomic E-state index is -0.0764. The van der Waals surface area contributed by atoms with E-state index in [0.717, 1.165) is 0 Å². The summed E-state index contributed by atoms with van der Waals surface area (Å²) >= 11 is 0. The predicted octanol–water partition coefficient (Wildman–Crippen LogP) is 4.75. The normalized spacial score (nSPS) is 8.91. The minimum absolute atomic E-state index is 0.